The highest BCUT2D eigenvalue weighted by Crippen LogP contribution is 2.28. The second-order valence-corrected chi connectivity index (χ2v) is 4.43. The van der Waals surface area contributed by atoms with Crippen molar-refractivity contribution in [2.75, 3.05) is 0 Å². The first kappa shape index (κ1) is 11.1. The summed E-state index contributed by atoms with van der Waals surface area (Å²) in [5, 5.41) is 6.29. The van der Waals surface area contributed by atoms with Crippen LogP contribution in [0.2, 0.25) is 0 Å². The maximum Gasteiger partial charge on any atom is 0.343 e. The van der Waals surface area contributed by atoms with Crippen molar-refractivity contribution in [1.29, 1.82) is 0 Å². The highest BCUT2D eigenvalue weighted by Gasteiger charge is 2.25. The zero-order chi connectivity index (χ0) is 12.7. The summed E-state index contributed by atoms with van der Waals surface area (Å²) in [5.41, 5.74) is 0.135. The van der Waals surface area contributed by atoms with Crippen molar-refractivity contribution in [3.8, 4) is 0 Å². The Morgan fingerprint density at radius 2 is 2.00 bits per heavy atom. The van der Waals surface area contributed by atoms with Crippen LogP contribution in [0.1, 0.15) is 30.3 Å². The largest absolute Gasteiger partial charge is 0.343 e. The minimum atomic E-state index is -0.631. The van der Waals surface area contributed by atoms with Crippen LogP contribution in [0.25, 0.3) is 0 Å². The number of hydrogen-bond donors (Lipinski definition) is 1. The predicted molar refractivity (Wildman–Crippen MR) is 60.3 cm³/mol. The van der Waals surface area contributed by atoms with Crippen molar-refractivity contribution in [3.63, 3.8) is 0 Å². The fraction of sp³-hybridized carbons (Fsp3) is 0.333. The molecule has 6 heteroatoms. The van der Waals surface area contributed by atoms with Gasteiger partial charge in [-0.05, 0) is 30.5 Å². The lowest BCUT2D eigenvalue weighted by Crippen LogP contribution is -2.28. The average Bonchev–Trinajstić information content (AvgIpc) is 2.70. The Morgan fingerprint density at radius 1 is 1.28 bits per heavy atom. The summed E-state index contributed by atoms with van der Waals surface area (Å²) in [5.74, 6) is -0.622. The molecule has 4 nitrogen and oxygen atoms in total. The third-order valence-electron chi connectivity index (χ3n) is 3.24. The molecule has 1 atom stereocenters. The van der Waals surface area contributed by atoms with Crippen LogP contribution >= 0.6 is 0 Å². The number of H-pyrrole nitrogens is 1. The molecule has 0 unspecified atom stereocenters. The zero-order valence-electron chi connectivity index (χ0n) is 9.49. The van der Waals surface area contributed by atoms with E-state index in [0.717, 1.165) is 12.5 Å². The molecule has 1 N–H and O–H groups in total. The van der Waals surface area contributed by atoms with Crippen LogP contribution in [0.3, 0.4) is 0 Å². The molecular formula is C12H11F2N3O. The lowest BCUT2D eigenvalue weighted by atomic mass is 9.97. The van der Waals surface area contributed by atoms with Gasteiger partial charge in [-0.1, -0.05) is 0 Å². The third kappa shape index (κ3) is 1.73. The van der Waals surface area contributed by atoms with Crippen LogP contribution in [0.4, 0.5) is 8.78 Å². The standard InChI is InChI=1S/C12H11F2N3O/c13-8-4-7(5-9(14)6-8)10-2-1-3-11-15-16-12(18)17(10)11/h4-6,10H,1-3H2,(H,16,18)/t10-/m0/s1. The van der Waals surface area contributed by atoms with Gasteiger partial charge in [0.2, 0.25) is 0 Å². The Morgan fingerprint density at radius 3 is 2.72 bits per heavy atom. The smallest absolute Gasteiger partial charge is 0.271 e. The van der Waals surface area contributed by atoms with Crippen molar-refractivity contribution in [3.05, 3.63) is 51.7 Å². The quantitative estimate of drug-likeness (QED) is 0.839. The average molecular weight is 251 g/mol. The van der Waals surface area contributed by atoms with Gasteiger partial charge < -0.3 is 0 Å². The minimum absolute atomic E-state index is 0.334. The normalized spacial score (nSPS) is 18.7. The predicted octanol–water partition coefficient (Wildman–Crippen LogP) is 1.78. The van der Waals surface area contributed by atoms with Gasteiger partial charge in [0.25, 0.3) is 0 Å². The maximum absolute atomic E-state index is 13.2. The van der Waals surface area contributed by atoms with Crippen molar-refractivity contribution in [1.82, 2.24) is 14.8 Å². The number of fused-ring (bicyclic) bond motifs is 1. The molecule has 0 fully saturated rings. The van der Waals surface area contributed by atoms with E-state index in [-0.39, 0.29) is 11.7 Å². The molecule has 2 aromatic rings. The summed E-state index contributed by atoms with van der Waals surface area (Å²) in [6.45, 7) is 0. The number of halogens is 2. The van der Waals surface area contributed by atoms with Gasteiger partial charge in [-0.25, -0.2) is 18.7 Å². The Bertz CT molecular complexity index is 627. The molecule has 3 rings (SSSR count). The molecule has 0 saturated heterocycles. The number of hydrogen-bond acceptors (Lipinski definition) is 2. The van der Waals surface area contributed by atoms with Gasteiger partial charge in [0.1, 0.15) is 17.5 Å². The monoisotopic (exact) mass is 251 g/mol. The van der Waals surface area contributed by atoms with Gasteiger partial charge in [-0.2, -0.15) is 5.10 Å². The van der Waals surface area contributed by atoms with Gasteiger partial charge in [0.15, 0.2) is 0 Å². The van der Waals surface area contributed by atoms with Crippen LogP contribution in [0.5, 0.6) is 0 Å². The van der Waals surface area contributed by atoms with Gasteiger partial charge in [0.05, 0.1) is 6.04 Å². The van der Waals surface area contributed by atoms with E-state index in [0.29, 0.717) is 24.2 Å². The number of aryl methyl sites for hydroxylation is 1. The summed E-state index contributed by atoms with van der Waals surface area (Å²) >= 11 is 0. The molecule has 0 spiro atoms. The summed E-state index contributed by atoms with van der Waals surface area (Å²) in [6, 6.07) is 3.01. The summed E-state index contributed by atoms with van der Waals surface area (Å²) < 4.78 is 28.0. The molecule has 0 amide bonds. The first-order valence-corrected chi connectivity index (χ1v) is 5.77. The topological polar surface area (TPSA) is 50.7 Å². The first-order chi connectivity index (χ1) is 8.65. The Balaban J connectivity index is 2.13. The van der Waals surface area contributed by atoms with Crippen LogP contribution in [-0.2, 0) is 6.42 Å². The molecular weight excluding hydrogens is 240 g/mol. The van der Waals surface area contributed by atoms with Crippen LogP contribution in [0.15, 0.2) is 23.0 Å². The van der Waals surface area contributed by atoms with E-state index in [9.17, 15) is 13.6 Å². The van der Waals surface area contributed by atoms with Gasteiger partial charge in [-0.3, -0.25) is 4.57 Å². The molecule has 1 aliphatic rings. The van der Waals surface area contributed by atoms with E-state index >= 15 is 0 Å². The molecule has 94 valence electrons. The van der Waals surface area contributed by atoms with E-state index in [1.165, 1.54) is 16.7 Å². The Labute approximate surface area is 101 Å². The van der Waals surface area contributed by atoms with Gasteiger partial charge in [0, 0.05) is 12.5 Å². The molecule has 1 aromatic heterocycles. The molecule has 0 bridgehead atoms. The van der Waals surface area contributed by atoms with Gasteiger partial charge in [-0.15, -0.1) is 0 Å². The molecule has 1 aromatic carbocycles. The molecule has 18 heavy (non-hydrogen) atoms. The number of aromatic nitrogens is 3. The fourth-order valence-electron chi connectivity index (χ4n) is 2.50. The van der Waals surface area contributed by atoms with E-state index in [2.05, 4.69) is 10.2 Å². The van der Waals surface area contributed by atoms with E-state index < -0.39 is 11.6 Å². The number of rotatable bonds is 1. The maximum atomic E-state index is 13.2. The highest BCUT2D eigenvalue weighted by atomic mass is 19.1. The lowest BCUT2D eigenvalue weighted by Gasteiger charge is -2.23. The first-order valence-electron chi connectivity index (χ1n) is 5.77. The van der Waals surface area contributed by atoms with Crippen molar-refractivity contribution < 1.29 is 8.78 Å². The Kier molecular flexibility index (Phi) is 2.50. The summed E-state index contributed by atoms with van der Waals surface area (Å²) in [7, 11) is 0. The molecule has 0 aliphatic carbocycles. The zero-order valence-corrected chi connectivity index (χ0v) is 9.49. The van der Waals surface area contributed by atoms with E-state index in [1.54, 1.807) is 0 Å². The third-order valence-corrected chi connectivity index (χ3v) is 3.24. The second kappa shape index (κ2) is 4.04. The number of benzene rings is 1. The molecule has 1 aliphatic heterocycles. The molecule has 0 saturated carbocycles. The van der Waals surface area contributed by atoms with Crippen molar-refractivity contribution in [2.45, 2.75) is 25.3 Å². The van der Waals surface area contributed by atoms with Crippen LogP contribution in [-0.4, -0.2) is 14.8 Å². The van der Waals surface area contributed by atoms with Crippen molar-refractivity contribution >= 4 is 0 Å². The number of nitrogens with zero attached hydrogens (tertiary/aromatic N) is 2. The minimum Gasteiger partial charge on any atom is -0.271 e. The number of nitrogens with one attached hydrogen (secondary N) is 1. The SMILES string of the molecule is O=c1[nH]nc2n1[C@H](c1cc(F)cc(F)c1)CCC2. The lowest BCUT2D eigenvalue weighted by molar-refractivity contribution is 0.437. The Hall–Kier alpha value is -1.98. The fourth-order valence-corrected chi connectivity index (χ4v) is 2.50. The highest BCUT2D eigenvalue weighted by molar-refractivity contribution is 5.23. The van der Waals surface area contributed by atoms with E-state index in [4.69, 9.17) is 0 Å². The van der Waals surface area contributed by atoms with Crippen LogP contribution in [0, 0.1) is 11.6 Å². The molecule has 2 heterocycles. The summed E-state index contributed by atoms with van der Waals surface area (Å²) in [6.07, 6.45) is 2.22. The summed E-state index contributed by atoms with van der Waals surface area (Å²) in [4.78, 5) is 11.7. The van der Waals surface area contributed by atoms with Crippen LogP contribution < -0.4 is 5.69 Å². The van der Waals surface area contributed by atoms with Gasteiger partial charge >= 0.3 is 5.69 Å². The van der Waals surface area contributed by atoms with E-state index in [1.807, 2.05) is 0 Å². The number of aromatic amines is 1. The van der Waals surface area contributed by atoms with Crippen molar-refractivity contribution in [2.24, 2.45) is 0 Å². The molecule has 0 radical (unpaired) electrons. The second-order valence-electron chi connectivity index (χ2n) is 4.43.